The van der Waals surface area contributed by atoms with E-state index in [1.165, 1.54) is 0 Å². The highest BCUT2D eigenvalue weighted by Gasteiger charge is 2.28. The van der Waals surface area contributed by atoms with Crippen molar-refractivity contribution in [3.63, 3.8) is 0 Å². The Kier molecular flexibility index (Phi) is 8.33. The molecule has 4 heterocycles. The predicted octanol–water partition coefficient (Wildman–Crippen LogP) is 6.58. The molecule has 1 saturated heterocycles. The molecule has 45 heavy (non-hydrogen) atoms. The number of rotatable bonds is 10. The average molecular weight is 608 g/mol. The van der Waals surface area contributed by atoms with Crippen LogP contribution in [-0.4, -0.2) is 48.5 Å². The predicted molar refractivity (Wildman–Crippen MR) is 174 cm³/mol. The highest BCUT2D eigenvalue weighted by atomic mass is 19.1. The molecule has 1 atom stereocenters. The summed E-state index contributed by atoms with van der Waals surface area (Å²) in [7, 11) is 0. The van der Waals surface area contributed by atoms with Gasteiger partial charge in [-0.25, -0.2) is 4.39 Å². The van der Waals surface area contributed by atoms with Crippen molar-refractivity contribution in [1.82, 2.24) is 29.9 Å². The maximum atomic E-state index is 13.3. The SMILES string of the molecule is C=C(F)C(=O)Cc1ccc2c(-c3ccccc3CNc3nc(OC4CCC(C)(C)NC4)nc4c(C(C)C)cnn34)nccc2c1. The summed E-state index contributed by atoms with van der Waals surface area (Å²) in [6.07, 6.45) is 5.45. The lowest BCUT2D eigenvalue weighted by atomic mass is 9.92. The van der Waals surface area contributed by atoms with E-state index in [0.717, 1.165) is 63.8 Å². The molecule has 1 fully saturated rings. The third kappa shape index (κ3) is 6.56. The smallest absolute Gasteiger partial charge is 0.322 e. The normalized spacial score (nSPS) is 16.3. The van der Waals surface area contributed by atoms with E-state index in [0.29, 0.717) is 18.5 Å². The van der Waals surface area contributed by atoms with Crippen LogP contribution in [0.1, 0.15) is 63.1 Å². The second-order valence-electron chi connectivity index (χ2n) is 12.6. The summed E-state index contributed by atoms with van der Waals surface area (Å²) < 4.78 is 21.4. The van der Waals surface area contributed by atoms with Crippen molar-refractivity contribution in [2.45, 2.75) is 71.1 Å². The van der Waals surface area contributed by atoms with E-state index in [1.54, 1.807) is 10.7 Å². The Morgan fingerprint density at radius 2 is 2.02 bits per heavy atom. The monoisotopic (exact) mass is 607 g/mol. The molecule has 0 spiro atoms. The van der Waals surface area contributed by atoms with Gasteiger partial charge in [0, 0.05) is 47.8 Å². The number of hydrogen-bond donors (Lipinski definition) is 2. The van der Waals surface area contributed by atoms with Gasteiger partial charge in [0.15, 0.2) is 17.3 Å². The molecule has 0 amide bonds. The zero-order chi connectivity index (χ0) is 31.7. The van der Waals surface area contributed by atoms with Crippen molar-refractivity contribution in [2.24, 2.45) is 0 Å². The first kappa shape index (κ1) is 30.3. The Labute approximate surface area is 262 Å². The van der Waals surface area contributed by atoms with E-state index in [-0.39, 0.29) is 24.0 Å². The second kappa shape index (κ2) is 12.4. The first-order chi connectivity index (χ1) is 21.6. The number of fused-ring (bicyclic) bond motifs is 2. The molecule has 232 valence electrons. The first-order valence-electron chi connectivity index (χ1n) is 15.3. The first-order valence-corrected chi connectivity index (χ1v) is 15.3. The van der Waals surface area contributed by atoms with Crippen LogP contribution in [0.5, 0.6) is 6.01 Å². The highest BCUT2D eigenvalue weighted by Crippen LogP contribution is 2.31. The Hall–Kier alpha value is -4.70. The number of pyridine rings is 1. The maximum Gasteiger partial charge on any atom is 0.322 e. The van der Waals surface area contributed by atoms with Crippen molar-refractivity contribution < 1.29 is 13.9 Å². The fourth-order valence-corrected chi connectivity index (χ4v) is 5.71. The van der Waals surface area contributed by atoms with Crippen LogP contribution in [0.2, 0.25) is 0 Å². The lowest BCUT2D eigenvalue weighted by molar-refractivity contribution is -0.116. The van der Waals surface area contributed by atoms with Gasteiger partial charge in [0.2, 0.25) is 5.95 Å². The number of carbonyl (C=O) groups is 1. The number of benzene rings is 2. The molecule has 5 aromatic rings. The number of carbonyl (C=O) groups excluding carboxylic acids is 1. The summed E-state index contributed by atoms with van der Waals surface area (Å²) in [4.78, 5) is 26.2. The quantitative estimate of drug-likeness (QED) is 0.172. The number of piperidine rings is 1. The maximum absolute atomic E-state index is 13.3. The lowest BCUT2D eigenvalue weighted by Gasteiger charge is -2.35. The van der Waals surface area contributed by atoms with E-state index < -0.39 is 11.6 Å². The molecular formula is C35H38FN7O2. The molecule has 2 N–H and O–H groups in total. The number of hydrogen-bond acceptors (Lipinski definition) is 8. The lowest BCUT2D eigenvalue weighted by Crippen LogP contribution is -2.50. The topological polar surface area (TPSA) is 106 Å². The molecule has 9 nitrogen and oxygen atoms in total. The second-order valence-corrected chi connectivity index (χ2v) is 12.6. The fraction of sp³-hybridized carbons (Fsp3) is 0.343. The van der Waals surface area contributed by atoms with Crippen molar-refractivity contribution in [1.29, 1.82) is 0 Å². The minimum absolute atomic E-state index is 0.0219. The number of nitrogens with one attached hydrogen (secondary N) is 2. The molecule has 3 aromatic heterocycles. The van der Waals surface area contributed by atoms with Gasteiger partial charge in [-0.05, 0) is 55.2 Å². The summed E-state index contributed by atoms with van der Waals surface area (Å²) in [6.45, 7) is 12.9. The van der Waals surface area contributed by atoms with Gasteiger partial charge < -0.3 is 15.4 Å². The largest absolute Gasteiger partial charge is 0.459 e. The Morgan fingerprint density at radius 3 is 2.78 bits per heavy atom. The van der Waals surface area contributed by atoms with Crippen LogP contribution in [-0.2, 0) is 17.8 Å². The standard InChI is InChI=1S/C35H38FN7O2/c1-21(2)29-20-40-43-32(29)41-34(45-26-12-14-35(4,5)39-19-26)42-33(43)38-18-25-8-6-7-9-27(25)31-28-11-10-23(17-30(44)22(3)36)16-24(28)13-15-37-31/h6-11,13,15-16,20-21,26,39H,3,12,14,17-19H2,1-2,4-5H3,(H,38,41,42). The summed E-state index contributed by atoms with van der Waals surface area (Å²) in [5.41, 5.74) is 5.32. The molecule has 1 aliphatic rings. The molecular weight excluding hydrogens is 569 g/mol. The number of anilines is 1. The number of Topliss-reactive ketones (excluding diaryl/α,β-unsaturated/α-hetero) is 1. The number of halogens is 1. The van der Waals surface area contributed by atoms with E-state index in [2.05, 4.69) is 56.1 Å². The van der Waals surface area contributed by atoms with Gasteiger partial charge in [0.1, 0.15) is 6.10 Å². The van der Waals surface area contributed by atoms with Gasteiger partial charge in [-0.1, -0.05) is 62.9 Å². The summed E-state index contributed by atoms with van der Waals surface area (Å²) in [6, 6.07) is 15.9. The third-order valence-corrected chi connectivity index (χ3v) is 8.37. The van der Waals surface area contributed by atoms with Crippen molar-refractivity contribution in [2.75, 3.05) is 11.9 Å². The van der Waals surface area contributed by atoms with Gasteiger partial charge in [-0.15, -0.1) is 0 Å². The Bertz CT molecular complexity index is 1890. The van der Waals surface area contributed by atoms with Crippen LogP contribution in [0.25, 0.3) is 27.7 Å². The molecule has 1 aliphatic heterocycles. The minimum Gasteiger partial charge on any atom is -0.459 e. The molecule has 1 unspecified atom stereocenters. The Morgan fingerprint density at radius 1 is 1.20 bits per heavy atom. The zero-order valence-corrected chi connectivity index (χ0v) is 26.1. The fourth-order valence-electron chi connectivity index (χ4n) is 5.71. The summed E-state index contributed by atoms with van der Waals surface area (Å²) >= 11 is 0. The van der Waals surface area contributed by atoms with E-state index >= 15 is 0 Å². The van der Waals surface area contributed by atoms with E-state index in [4.69, 9.17) is 19.7 Å². The van der Waals surface area contributed by atoms with Crippen LogP contribution in [0.3, 0.4) is 0 Å². The van der Waals surface area contributed by atoms with Gasteiger partial charge in [0.05, 0.1) is 11.9 Å². The number of aromatic nitrogens is 5. The van der Waals surface area contributed by atoms with Crippen LogP contribution in [0.4, 0.5) is 10.3 Å². The molecule has 0 radical (unpaired) electrons. The van der Waals surface area contributed by atoms with Crippen molar-refractivity contribution in [3.8, 4) is 17.3 Å². The number of nitrogens with zero attached hydrogens (tertiary/aromatic N) is 5. The van der Waals surface area contributed by atoms with E-state index in [1.807, 2.05) is 48.7 Å². The van der Waals surface area contributed by atoms with Crippen LogP contribution >= 0.6 is 0 Å². The van der Waals surface area contributed by atoms with Gasteiger partial charge >= 0.3 is 6.01 Å². The van der Waals surface area contributed by atoms with E-state index in [9.17, 15) is 9.18 Å². The highest BCUT2D eigenvalue weighted by molar-refractivity contribution is 5.98. The summed E-state index contributed by atoms with van der Waals surface area (Å²) in [5.74, 6) is -0.792. The van der Waals surface area contributed by atoms with Gasteiger partial charge in [0.25, 0.3) is 0 Å². The van der Waals surface area contributed by atoms with Gasteiger partial charge in [-0.3, -0.25) is 9.78 Å². The van der Waals surface area contributed by atoms with Gasteiger partial charge in [-0.2, -0.15) is 19.6 Å². The van der Waals surface area contributed by atoms with Crippen molar-refractivity contribution in [3.05, 3.63) is 90.0 Å². The molecule has 2 aromatic carbocycles. The Balaban J connectivity index is 1.30. The van der Waals surface area contributed by atoms with Crippen LogP contribution in [0, 0.1) is 0 Å². The molecule has 0 bridgehead atoms. The van der Waals surface area contributed by atoms with Crippen molar-refractivity contribution >= 4 is 28.2 Å². The molecule has 6 rings (SSSR count). The molecule has 10 heteroatoms. The molecule has 0 saturated carbocycles. The number of ether oxygens (including phenoxy) is 1. The van der Waals surface area contributed by atoms with Crippen LogP contribution in [0.15, 0.2) is 73.3 Å². The van der Waals surface area contributed by atoms with Crippen LogP contribution < -0.4 is 15.4 Å². The average Bonchev–Trinajstić information content (AvgIpc) is 3.45. The third-order valence-electron chi connectivity index (χ3n) is 8.37. The zero-order valence-electron chi connectivity index (χ0n) is 26.1. The minimum atomic E-state index is -0.933. The molecule has 0 aliphatic carbocycles. The number of ketones is 1. The summed E-state index contributed by atoms with van der Waals surface area (Å²) in [5, 5.41) is 13.5. The number of allylic oxidation sites excluding steroid dienone is 1.